The molecule has 0 atom stereocenters. The first-order chi connectivity index (χ1) is 14.0. The Bertz CT molecular complexity index is 836. The summed E-state index contributed by atoms with van der Waals surface area (Å²) < 4.78 is 19.4. The zero-order chi connectivity index (χ0) is 20.3. The number of rotatable bonds is 5. The highest BCUT2D eigenvalue weighted by Gasteiger charge is 2.37. The van der Waals surface area contributed by atoms with Gasteiger partial charge in [-0.2, -0.15) is 0 Å². The Morgan fingerprint density at radius 2 is 1.93 bits per heavy atom. The summed E-state index contributed by atoms with van der Waals surface area (Å²) >= 11 is 0. The van der Waals surface area contributed by atoms with Gasteiger partial charge in [0.15, 0.2) is 5.89 Å². The van der Waals surface area contributed by atoms with Crippen LogP contribution in [-0.4, -0.2) is 53.4 Å². The number of nitrogens with zero attached hydrogens (tertiary/aromatic N) is 3. The van der Waals surface area contributed by atoms with Crippen LogP contribution >= 0.6 is 0 Å². The van der Waals surface area contributed by atoms with Crippen LogP contribution in [0, 0.1) is 5.82 Å². The molecule has 0 bridgehead atoms. The third-order valence-corrected chi connectivity index (χ3v) is 6.36. The van der Waals surface area contributed by atoms with E-state index in [1.807, 2.05) is 11.0 Å². The number of aromatic nitrogens is 1. The molecule has 3 heterocycles. The van der Waals surface area contributed by atoms with E-state index in [0.717, 1.165) is 56.2 Å². The predicted molar refractivity (Wildman–Crippen MR) is 109 cm³/mol. The minimum absolute atomic E-state index is 0.165. The highest BCUT2D eigenvalue weighted by atomic mass is 19.1. The second-order valence-corrected chi connectivity index (χ2v) is 8.72. The van der Waals surface area contributed by atoms with E-state index in [-0.39, 0.29) is 17.1 Å². The third-order valence-electron chi connectivity index (χ3n) is 6.36. The molecular weight excluding hydrogens is 369 g/mol. The average Bonchev–Trinajstić information content (AvgIpc) is 3.19. The Kier molecular flexibility index (Phi) is 5.99. The van der Waals surface area contributed by atoms with Gasteiger partial charge in [-0.1, -0.05) is 25.5 Å². The number of hydrogen-bond acceptors (Lipinski definition) is 4. The summed E-state index contributed by atoms with van der Waals surface area (Å²) in [4.78, 5) is 21.5. The van der Waals surface area contributed by atoms with Gasteiger partial charge in [-0.25, -0.2) is 9.37 Å². The van der Waals surface area contributed by atoms with E-state index in [1.165, 1.54) is 31.4 Å². The van der Waals surface area contributed by atoms with Crippen LogP contribution in [0.25, 0.3) is 0 Å². The molecule has 2 saturated heterocycles. The zero-order valence-electron chi connectivity index (χ0n) is 17.2. The van der Waals surface area contributed by atoms with Gasteiger partial charge in [-0.3, -0.25) is 9.69 Å². The van der Waals surface area contributed by atoms with E-state index in [0.29, 0.717) is 13.0 Å². The number of carbonyl (C=O) groups is 1. The van der Waals surface area contributed by atoms with Crippen molar-refractivity contribution in [3.8, 4) is 0 Å². The largest absolute Gasteiger partial charge is 0.445 e. The Balaban J connectivity index is 1.33. The number of piperidine rings is 2. The number of hydrogen-bond donors (Lipinski definition) is 0. The summed E-state index contributed by atoms with van der Waals surface area (Å²) in [7, 11) is 0. The van der Waals surface area contributed by atoms with Crippen LogP contribution in [0.15, 0.2) is 34.9 Å². The molecule has 0 spiro atoms. The highest BCUT2D eigenvalue weighted by Crippen LogP contribution is 2.35. The first-order valence-corrected chi connectivity index (χ1v) is 10.7. The van der Waals surface area contributed by atoms with Gasteiger partial charge in [0.1, 0.15) is 11.6 Å². The molecule has 2 aromatic rings. The maximum atomic E-state index is 13.4. The molecule has 29 heavy (non-hydrogen) atoms. The molecule has 2 aliphatic rings. The Labute approximate surface area is 171 Å². The van der Waals surface area contributed by atoms with Crippen LogP contribution in [0.2, 0.25) is 0 Å². The fourth-order valence-electron chi connectivity index (χ4n) is 4.39. The fraction of sp³-hybridized carbons (Fsp3) is 0.565. The third kappa shape index (κ3) is 4.86. The molecule has 2 fully saturated rings. The van der Waals surface area contributed by atoms with E-state index in [4.69, 9.17) is 4.42 Å². The standard InChI is InChI=1S/C23H30FN3O2/c1-23(22-25-16-20(29-22)15-18-6-5-7-19(24)14-18)8-12-27(13-9-23)21(28)17-26-10-3-2-4-11-26/h5-7,14,16H,2-4,8-13,15,17H2,1H3. The first kappa shape index (κ1) is 20.1. The van der Waals surface area contributed by atoms with Gasteiger partial charge in [0.2, 0.25) is 5.91 Å². The highest BCUT2D eigenvalue weighted by molar-refractivity contribution is 5.78. The molecule has 0 N–H and O–H groups in total. The lowest BCUT2D eigenvalue weighted by Gasteiger charge is -2.38. The van der Waals surface area contributed by atoms with Crippen molar-refractivity contribution in [2.75, 3.05) is 32.7 Å². The van der Waals surface area contributed by atoms with Crippen molar-refractivity contribution >= 4 is 5.91 Å². The molecule has 6 heteroatoms. The van der Waals surface area contributed by atoms with Crippen LogP contribution in [-0.2, 0) is 16.6 Å². The van der Waals surface area contributed by atoms with Crippen molar-refractivity contribution in [1.29, 1.82) is 0 Å². The van der Waals surface area contributed by atoms with E-state index in [9.17, 15) is 9.18 Å². The van der Waals surface area contributed by atoms with Gasteiger partial charge in [0.05, 0.1) is 12.7 Å². The molecule has 4 rings (SSSR count). The number of halogens is 1. The topological polar surface area (TPSA) is 49.6 Å². The summed E-state index contributed by atoms with van der Waals surface area (Å²) in [5.41, 5.74) is 0.707. The molecule has 2 aliphatic heterocycles. The Morgan fingerprint density at radius 3 is 2.66 bits per heavy atom. The molecule has 1 amide bonds. The smallest absolute Gasteiger partial charge is 0.236 e. The van der Waals surface area contributed by atoms with Crippen LogP contribution in [0.3, 0.4) is 0 Å². The molecule has 156 valence electrons. The maximum Gasteiger partial charge on any atom is 0.236 e. The number of amides is 1. The lowest BCUT2D eigenvalue weighted by molar-refractivity contribution is -0.134. The van der Waals surface area contributed by atoms with E-state index < -0.39 is 0 Å². The molecule has 5 nitrogen and oxygen atoms in total. The summed E-state index contributed by atoms with van der Waals surface area (Å²) in [5.74, 6) is 1.48. The molecule has 1 aromatic heterocycles. The summed E-state index contributed by atoms with van der Waals surface area (Å²) in [6.45, 7) is 6.28. The van der Waals surface area contributed by atoms with Crippen LogP contribution < -0.4 is 0 Å². The average molecular weight is 400 g/mol. The SMILES string of the molecule is CC1(c2ncc(Cc3cccc(F)c3)o2)CCN(C(=O)CN2CCCCC2)CC1. The van der Waals surface area contributed by atoms with Crippen LogP contribution in [0.5, 0.6) is 0 Å². The van der Waals surface area contributed by atoms with Crippen molar-refractivity contribution in [2.45, 2.75) is 50.9 Å². The molecule has 0 radical (unpaired) electrons. The van der Waals surface area contributed by atoms with Gasteiger partial charge < -0.3 is 9.32 Å². The quantitative estimate of drug-likeness (QED) is 0.768. The Hall–Kier alpha value is -2.21. The monoisotopic (exact) mass is 399 g/mol. The summed E-state index contributed by atoms with van der Waals surface area (Å²) in [6.07, 6.45) is 7.66. The van der Waals surface area contributed by atoms with E-state index in [2.05, 4.69) is 16.8 Å². The van der Waals surface area contributed by atoms with Crippen LogP contribution in [0.4, 0.5) is 4.39 Å². The second-order valence-electron chi connectivity index (χ2n) is 8.72. The van der Waals surface area contributed by atoms with Crippen molar-refractivity contribution in [3.63, 3.8) is 0 Å². The normalized spacial score (nSPS) is 20.0. The van der Waals surface area contributed by atoms with E-state index >= 15 is 0 Å². The minimum Gasteiger partial charge on any atom is -0.445 e. The Morgan fingerprint density at radius 1 is 1.17 bits per heavy atom. The van der Waals surface area contributed by atoms with Crippen molar-refractivity contribution < 1.29 is 13.6 Å². The fourth-order valence-corrected chi connectivity index (χ4v) is 4.39. The molecule has 0 aliphatic carbocycles. The van der Waals surface area contributed by atoms with E-state index in [1.54, 1.807) is 12.3 Å². The summed E-state index contributed by atoms with van der Waals surface area (Å²) in [6, 6.07) is 6.56. The minimum atomic E-state index is -0.240. The second kappa shape index (κ2) is 8.66. The summed E-state index contributed by atoms with van der Waals surface area (Å²) in [5, 5.41) is 0. The van der Waals surface area contributed by atoms with Gasteiger partial charge in [0.25, 0.3) is 0 Å². The van der Waals surface area contributed by atoms with Gasteiger partial charge in [0, 0.05) is 24.9 Å². The van der Waals surface area contributed by atoms with Gasteiger partial charge in [-0.05, 0) is 56.5 Å². The number of likely N-dealkylation sites (tertiary alicyclic amines) is 2. The first-order valence-electron chi connectivity index (χ1n) is 10.7. The lowest BCUT2D eigenvalue weighted by Crippen LogP contribution is -2.48. The zero-order valence-corrected chi connectivity index (χ0v) is 17.2. The predicted octanol–water partition coefficient (Wildman–Crippen LogP) is 3.77. The molecule has 0 unspecified atom stereocenters. The number of carbonyl (C=O) groups excluding carboxylic acids is 1. The molecular formula is C23H30FN3O2. The maximum absolute atomic E-state index is 13.4. The number of benzene rings is 1. The number of oxazole rings is 1. The van der Waals surface area contributed by atoms with Crippen molar-refractivity contribution in [1.82, 2.24) is 14.8 Å². The van der Waals surface area contributed by atoms with Crippen molar-refractivity contribution in [3.05, 3.63) is 53.5 Å². The van der Waals surface area contributed by atoms with Crippen LogP contribution in [0.1, 0.15) is 56.2 Å². The van der Waals surface area contributed by atoms with Crippen molar-refractivity contribution in [2.24, 2.45) is 0 Å². The molecule has 0 saturated carbocycles. The van der Waals surface area contributed by atoms with Gasteiger partial charge in [-0.15, -0.1) is 0 Å². The molecule has 1 aromatic carbocycles. The van der Waals surface area contributed by atoms with Gasteiger partial charge >= 0.3 is 0 Å². The lowest BCUT2D eigenvalue weighted by atomic mass is 9.80.